The Labute approximate surface area is 139 Å². The van der Waals surface area contributed by atoms with Gasteiger partial charge in [0.25, 0.3) is 0 Å². The Hall–Kier alpha value is -2.27. The number of aromatic amines is 1. The average Bonchev–Trinajstić information content (AvgIpc) is 2.98. The molecule has 0 aliphatic heterocycles. The number of aromatic nitrogens is 1. The number of benzene rings is 1. The van der Waals surface area contributed by atoms with Crippen LogP contribution in [0.2, 0.25) is 5.02 Å². The van der Waals surface area contributed by atoms with Gasteiger partial charge < -0.3 is 9.72 Å². The molecular weight excluding hydrogens is 314 g/mol. The van der Waals surface area contributed by atoms with Crippen LogP contribution >= 0.6 is 11.6 Å². The number of ether oxygens (including phenoxy) is 1. The van der Waals surface area contributed by atoms with Crippen molar-refractivity contribution in [1.82, 2.24) is 4.98 Å². The highest BCUT2D eigenvalue weighted by Crippen LogP contribution is 2.23. The Bertz CT molecular complexity index is 752. The Balaban J connectivity index is 1.83. The number of H-pyrrole nitrogens is 1. The number of carbonyl (C=O) groups excluding carboxylic acids is 1. The fourth-order valence-corrected chi connectivity index (χ4v) is 2.83. The summed E-state index contributed by atoms with van der Waals surface area (Å²) in [6, 6.07) is 9.26. The summed E-state index contributed by atoms with van der Waals surface area (Å²) in [6.45, 7) is 2.16. The second-order valence-corrected chi connectivity index (χ2v) is 5.77. The Morgan fingerprint density at radius 3 is 3.04 bits per heavy atom. The number of anilines is 1. The minimum atomic E-state index is -0.330. The molecule has 0 saturated heterocycles. The molecule has 0 spiro atoms. The number of carbonyl (C=O) groups is 1. The topological polar surface area (TPSA) is 66.5 Å². The van der Waals surface area contributed by atoms with E-state index < -0.39 is 0 Å². The lowest BCUT2D eigenvalue weighted by Gasteiger charge is -2.14. The van der Waals surface area contributed by atoms with E-state index in [1.165, 1.54) is 0 Å². The first kappa shape index (κ1) is 15.6. The number of aryl methyl sites for hydroxylation is 1. The van der Waals surface area contributed by atoms with E-state index in [4.69, 9.17) is 16.3 Å². The third kappa shape index (κ3) is 3.56. The van der Waals surface area contributed by atoms with Crippen molar-refractivity contribution in [3.63, 3.8) is 0 Å². The van der Waals surface area contributed by atoms with Gasteiger partial charge in [-0.25, -0.2) is 4.79 Å². The zero-order valence-electron chi connectivity index (χ0n) is 12.9. The van der Waals surface area contributed by atoms with Crippen LogP contribution in [0.25, 0.3) is 0 Å². The number of hydrogen-bond donors (Lipinski definition) is 2. The van der Waals surface area contributed by atoms with Crippen LogP contribution in [-0.4, -0.2) is 23.3 Å². The molecule has 1 heterocycles. The molecule has 0 amide bonds. The van der Waals surface area contributed by atoms with Gasteiger partial charge in [0.2, 0.25) is 0 Å². The molecular formula is C17H18ClN3O2. The molecule has 120 valence electrons. The third-order valence-corrected chi connectivity index (χ3v) is 3.92. The molecule has 2 N–H and O–H groups in total. The number of nitrogens with zero attached hydrogens (tertiary/aromatic N) is 1. The highest BCUT2D eigenvalue weighted by Gasteiger charge is 2.21. The molecule has 0 atom stereocenters. The molecule has 0 fully saturated rings. The smallest absolute Gasteiger partial charge is 0.354 e. The molecule has 1 aromatic heterocycles. The molecule has 1 aliphatic carbocycles. The second kappa shape index (κ2) is 6.87. The fraction of sp³-hybridized carbons (Fsp3) is 0.294. The van der Waals surface area contributed by atoms with Crippen molar-refractivity contribution >= 4 is 29.0 Å². The van der Waals surface area contributed by atoms with Crippen molar-refractivity contribution in [3.8, 4) is 0 Å². The number of halogens is 1. The number of hydrazone groups is 1. The standard InChI is InChI=1S/C17H18ClN3O2/c1-2-23-17(22)15-9-11-5-3-8-14(16(11)19-15)21-20-13-7-4-6-12(18)10-13/h4,6-7,9-10,19-20H,2-3,5,8H2,1H3/b21-14+. The average molecular weight is 332 g/mol. The monoisotopic (exact) mass is 331 g/mol. The summed E-state index contributed by atoms with van der Waals surface area (Å²) in [4.78, 5) is 15.0. The summed E-state index contributed by atoms with van der Waals surface area (Å²) in [5, 5.41) is 5.14. The predicted molar refractivity (Wildman–Crippen MR) is 91.3 cm³/mol. The third-order valence-electron chi connectivity index (χ3n) is 3.69. The van der Waals surface area contributed by atoms with Crippen molar-refractivity contribution in [1.29, 1.82) is 0 Å². The van der Waals surface area contributed by atoms with Crippen molar-refractivity contribution < 1.29 is 9.53 Å². The number of rotatable bonds is 4. The second-order valence-electron chi connectivity index (χ2n) is 5.34. The van der Waals surface area contributed by atoms with E-state index in [1.54, 1.807) is 6.92 Å². The van der Waals surface area contributed by atoms with E-state index in [2.05, 4.69) is 15.5 Å². The maximum atomic E-state index is 11.9. The Kier molecular flexibility index (Phi) is 4.67. The molecule has 1 aliphatic rings. The van der Waals surface area contributed by atoms with Crippen LogP contribution in [-0.2, 0) is 11.2 Å². The maximum absolute atomic E-state index is 11.9. The summed E-state index contributed by atoms with van der Waals surface area (Å²) in [5.41, 5.74) is 7.25. The van der Waals surface area contributed by atoms with Crippen molar-refractivity contribution in [3.05, 3.63) is 52.3 Å². The van der Waals surface area contributed by atoms with Gasteiger partial charge in [-0.2, -0.15) is 5.10 Å². The molecule has 6 heteroatoms. The number of nitrogens with one attached hydrogen (secondary N) is 2. The van der Waals surface area contributed by atoms with E-state index in [-0.39, 0.29) is 5.97 Å². The molecule has 5 nitrogen and oxygen atoms in total. The van der Waals surface area contributed by atoms with Crippen LogP contribution in [0.3, 0.4) is 0 Å². The highest BCUT2D eigenvalue weighted by molar-refractivity contribution is 6.30. The van der Waals surface area contributed by atoms with Gasteiger partial charge in [-0.1, -0.05) is 17.7 Å². The molecule has 23 heavy (non-hydrogen) atoms. The van der Waals surface area contributed by atoms with Gasteiger partial charge in [0, 0.05) is 5.02 Å². The van der Waals surface area contributed by atoms with Gasteiger partial charge in [0.15, 0.2) is 0 Å². The first-order valence-electron chi connectivity index (χ1n) is 7.65. The van der Waals surface area contributed by atoms with Crippen molar-refractivity contribution in [2.24, 2.45) is 5.10 Å². The van der Waals surface area contributed by atoms with Crippen LogP contribution in [0.4, 0.5) is 5.69 Å². The quantitative estimate of drug-likeness (QED) is 0.657. The lowest BCUT2D eigenvalue weighted by atomic mass is 9.96. The van der Waals surface area contributed by atoms with E-state index in [1.807, 2.05) is 30.3 Å². The largest absolute Gasteiger partial charge is 0.461 e. The summed E-state index contributed by atoms with van der Waals surface area (Å²) in [6.07, 6.45) is 2.79. The van der Waals surface area contributed by atoms with Crippen LogP contribution in [0.1, 0.15) is 41.5 Å². The summed E-state index contributed by atoms with van der Waals surface area (Å²) >= 11 is 5.97. The molecule has 2 aromatic rings. The van der Waals surface area contributed by atoms with Gasteiger partial charge in [-0.05, 0) is 56.0 Å². The van der Waals surface area contributed by atoms with E-state index in [0.29, 0.717) is 17.3 Å². The van der Waals surface area contributed by atoms with E-state index in [9.17, 15) is 4.79 Å². The summed E-state index contributed by atoms with van der Waals surface area (Å²) in [7, 11) is 0. The Morgan fingerprint density at radius 2 is 2.26 bits per heavy atom. The van der Waals surface area contributed by atoms with Gasteiger partial charge in [0.1, 0.15) is 5.69 Å². The fourth-order valence-electron chi connectivity index (χ4n) is 2.64. The zero-order valence-corrected chi connectivity index (χ0v) is 13.6. The molecule has 0 unspecified atom stereocenters. The van der Waals surface area contributed by atoms with Gasteiger partial charge >= 0.3 is 5.97 Å². The van der Waals surface area contributed by atoms with Gasteiger partial charge in [-0.15, -0.1) is 0 Å². The highest BCUT2D eigenvalue weighted by atomic mass is 35.5. The first-order valence-corrected chi connectivity index (χ1v) is 8.02. The zero-order chi connectivity index (χ0) is 16.2. The lowest BCUT2D eigenvalue weighted by Crippen LogP contribution is -2.13. The molecule has 1 aromatic carbocycles. The van der Waals surface area contributed by atoms with Crippen LogP contribution in [0, 0.1) is 0 Å². The molecule has 0 saturated carbocycles. The van der Waals surface area contributed by atoms with Gasteiger partial charge in [0.05, 0.1) is 23.7 Å². The minimum absolute atomic E-state index is 0.330. The predicted octanol–water partition coefficient (Wildman–Crippen LogP) is 4.00. The maximum Gasteiger partial charge on any atom is 0.354 e. The summed E-state index contributed by atoms with van der Waals surface area (Å²) < 4.78 is 5.04. The minimum Gasteiger partial charge on any atom is -0.461 e. The SMILES string of the molecule is CCOC(=O)c1cc2c([nH]1)/C(=N/Nc1cccc(Cl)c1)CCC2. The lowest BCUT2D eigenvalue weighted by molar-refractivity contribution is 0.0520. The van der Waals surface area contributed by atoms with Crippen LogP contribution in [0.15, 0.2) is 35.4 Å². The molecule has 3 rings (SSSR count). The Morgan fingerprint density at radius 1 is 1.39 bits per heavy atom. The van der Waals surface area contributed by atoms with Crippen molar-refractivity contribution in [2.45, 2.75) is 26.2 Å². The number of hydrogen-bond acceptors (Lipinski definition) is 4. The number of fused-ring (bicyclic) bond motifs is 1. The first-order chi connectivity index (χ1) is 11.2. The van der Waals surface area contributed by atoms with Crippen LogP contribution < -0.4 is 5.43 Å². The van der Waals surface area contributed by atoms with E-state index >= 15 is 0 Å². The van der Waals surface area contributed by atoms with Crippen molar-refractivity contribution in [2.75, 3.05) is 12.0 Å². The molecule has 0 bridgehead atoms. The van der Waals surface area contributed by atoms with Crippen LogP contribution in [0.5, 0.6) is 0 Å². The normalized spacial score (nSPS) is 15.3. The number of esters is 1. The van der Waals surface area contributed by atoms with E-state index in [0.717, 1.165) is 41.9 Å². The summed E-state index contributed by atoms with van der Waals surface area (Å²) in [5.74, 6) is -0.330. The molecule has 0 radical (unpaired) electrons. The van der Waals surface area contributed by atoms with Gasteiger partial charge in [-0.3, -0.25) is 5.43 Å².